The topological polar surface area (TPSA) is 72.2 Å². The first-order valence-electron chi connectivity index (χ1n) is 5.77. The average molecular weight is 278 g/mol. The number of imidazole rings is 1. The Balaban J connectivity index is 2.00. The fourth-order valence-corrected chi connectivity index (χ4v) is 2.73. The second-order valence-electron chi connectivity index (χ2n) is 4.05. The van der Waals surface area contributed by atoms with E-state index in [-0.39, 0.29) is 5.56 Å². The summed E-state index contributed by atoms with van der Waals surface area (Å²) in [7, 11) is -1.14. The number of hydrogen-bond acceptors (Lipinski definition) is 3. The number of carboxylic acid groups (broad SMARTS) is 1. The molecule has 1 unspecified atom stereocenters. The zero-order chi connectivity index (χ0) is 13.8. The number of rotatable bonds is 5. The Morgan fingerprint density at radius 1 is 1.37 bits per heavy atom. The van der Waals surface area contributed by atoms with E-state index in [1.165, 1.54) is 12.1 Å². The molecule has 1 aromatic carbocycles. The molecule has 6 heteroatoms. The number of benzene rings is 1. The van der Waals surface area contributed by atoms with Crippen LogP contribution in [0, 0.1) is 6.92 Å². The zero-order valence-corrected chi connectivity index (χ0v) is 11.3. The van der Waals surface area contributed by atoms with Gasteiger partial charge in [0.15, 0.2) is 0 Å². The van der Waals surface area contributed by atoms with Crippen LogP contribution in [0.2, 0.25) is 0 Å². The lowest BCUT2D eigenvalue weighted by molar-refractivity contribution is 0.0697. The largest absolute Gasteiger partial charge is 0.478 e. The Hall–Kier alpha value is -1.95. The van der Waals surface area contributed by atoms with Gasteiger partial charge in [-0.2, -0.15) is 0 Å². The Bertz CT molecular complexity index is 605. The molecular formula is C13H14N2O3S. The molecule has 1 N–H and O–H groups in total. The van der Waals surface area contributed by atoms with Crippen LogP contribution < -0.4 is 0 Å². The van der Waals surface area contributed by atoms with Crippen molar-refractivity contribution in [3.8, 4) is 0 Å². The van der Waals surface area contributed by atoms with Crippen molar-refractivity contribution in [1.82, 2.24) is 9.55 Å². The SMILES string of the molecule is Cc1nccn1CCS(=O)c1ccc(C(=O)O)cc1. The molecule has 100 valence electrons. The minimum absolute atomic E-state index is 0.200. The lowest BCUT2D eigenvalue weighted by Gasteiger charge is -2.05. The highest BCUT2D eigenvalue weighted by atomic mass is 32.2. The van der Waals surface area contributed by atoms with E-state index in [2.05, 4.69) is 4.98 Å². The number of hydrogen-bond donors (Lipinski definition) is 1. The number of carboxylic acids is 1. The summed E-state index contributed by atoms with van der Waals surface area (Å²) >= 11 is 0. The van der Waals surface area contributed by atoms with Gasteiger partial charge in [0, 0.05) is 29.6 Å². The summed E-state index contributed by atoms with van der Waals surface area (Å²) in [6.07, 6.45) is 3.56. The van der Waals surface area contributed by atoms with Crippen LogP contribution in [0.1, 0.15) is 16.2 Å². The van der Waals surface area contributed by atoms with Gasteiger partial charge < -0.3 is 9.67 Å². The van der Waals surface area contributed by atoms with Gasteiger partial charge in [0.2, 0.25) is 0 Å². The van der Waals surface area contributed by atoms with Gasteiger partial charge in [0.1, 0.15) is 5.82 Å². The van der Waals surface area contributed by atoms with E-state index < -0.39 is 16.8 Å². The van der Waals surface area contributed by atoms with E-state index >= 15 is 0 Å². The predicted molar refractivity (Wildman–Crippen MR) is 71.6 cm³/mol. The maximum Gasteiger partial charge on any atom is 0.335 e. The van der Waals surface area contributed by atoms with E-state index in [1.54, 1.807) is 18.3 Å². The maximum absolute atomic E-state index is 12.1. The van der Waals surface area contributed by atoms with Crippen LogP contribution in [0.25, 0.3) is 0 Å². The summed E-state index contributed by atoms with van der Waals surface area (Å²) in [6, 6.07) is 6.14. The minimum atomic E-state index is -1.14. The van der Waals surface area contributed by atoms with Crippen LogP contribution in [0.3, 0.4) is 0 Å². The van der Waals surface area contributed by atoms with E-state index in [4.69, 9.17) is 5.11 Å². The Labute approximate surface area is 113 Å². The highest BCUT2D eigenvalue weighted by Gasteiger charge is 2.07. The number of aromatic nitrogens is 2. The van der Waals surface area contributed by atoms with Crippen LogP contribution in [0.4, 0.5) is 0 Å². The van der Waals surface area contributed by atoms with Crippen molar-refractivity contribution >= 4 is 16.8 Å². The Morgan fingerprint density at radius 3 is 2.58 bits per heavy atom. The maximum atomic E-state index is 12.1. The third-order valence-electron chi connectivity index (χ3n) is 2.81. The summed E-state index contributed by atoms with van der Waals surface area (Å²) in [6.45, 7) is 2.52. The van der Waals surface area contributed by atoms with Crippen LogP contribution in [-0.4, -0.2) is 30.6 Å². The molecule has 0 saturated heterocycles. The van der Waals surface area contributed by atoms with Gasteiger partial charge in [0.05, 0.1) is 16.4 Å². The molecule has 2 rings (SSSR count). The molecule has 0 fully saturated rings. The van der Waals surface area contributed by atoms with Gasteiger partial charge in [-0.15, -0.1) is 0 Å². The lowest BCUT2D eigenvalue weighted by atomic mass is 10.2. The van der Waals surface area contributed by atoms with Crippen molar-refractivity contribution in [2.24, 2.45) is 0 Å². The third kappa shape index (κ3) is 3.29. The summed E-state index contributed by atoms with van der Waals surface area (Å²) in [5, 5.41) is 8.79. The fraction of sp³-hybridized carbons (Fsp3) is 0.231. The molecule has 1 atom stereocenters. The number of aromatic carboxylic acids is 1. The molecule has 0 radical (unpaired) electrons. The third-order valence-corrected chi connectivity index (χ3v) is 4.16. The molecule has 0 aliphatic carbocycles. The quantitative estimate of drug-likeness (QED) is 0.903. The standard InChI is InChI=1S/C13H14N2O3S/c1-10-14-6-7-15(10)8-9-19(18)12-4-2-11(3-5-12)13(16)17/h2-7H,8-9H2,1H3,(H,16,17). The molecular weight excluding hydrogens is 264 g/mol. The van der Waals surface area contributed by atoms with Gasteiger partial charge in [-0.3, -0.25) is 4.21 Å². The molecule has 1 heterocycles. The first kappa shape index (κ1) is 13.5. The van der Waals surface area contributed by atoms with Gasteiger partial charge in [0.25, 0.3) is 0 Å². The molecule has 2 aromatic rings. The molecule has 0 aliphatic heterocycles. The molecule has 0 amide bonds. The fourth-order valence-electron chi connectivity index (χ4n) is 1.69. The minimum Gasteiger partial charge on any atom is -0.478 e. The molecule has 1 aromatic heterocycles. The van der Waals surface area contributed by atoms with E-state index in [9.17, 15) is 9.00 Å². The molecule has 0 aliphatic rings. The van der Waals surface area contributed by atoms with Crippen molar-refractivity contribution < 1.29 is 14.1 Å². The summed E-state index contributed by atoms with van der Waals surface area (Å²) in [5.41, 5.74) is 0.200. The van der Waals surface area contributed by atoms with E-state index in [1.807, 2.05) is 17.7 Å². The van der Waals surface area contributed by atoms with Gasteiger partial charge in [-0.25, -0.2) is 9.78 Å². The zero-order valence-electron chi connectivity index (χ0n) is 10.4. The van der Waals surface area contributed by atoms with Crippen LogP contribution in [0.15, 0.2) is 41.6 Å². The van der Waals surface area contributed by atoms with E-state index in [0.29, 0.717) is 17.2 Å². The molecule has 0 spiro atoms. The second kappa shape index (κ2) is 5.79. The predicted octanol–water partition coefficient (Wildman–Crippen LogP) is 1.70. The van der Waals surface area contributed by atoms with Gasteiger partial charge >= 0.3 is 5.97 Å². The van der Waals surface area contributed by atoms with Crippen molar-refractivity contribution in [3.63, 3.8) is 0 Å². The number of nitrogens with zero attached hydrogens (tertiary/aromatic N) is 2. The highest BCUT2D eigenvalue weighted by molar-refractivity contribution is 7.85. The Kier molecular flexibility index (Phi) is 4.11. The lowest BCUT2D eigenvalue weighted by Crippen LogP contribution is -2.08. The van der Waals surface area contributed by atoms with Crippen LogP contribution in [-0.2, 0) is 17.3 Å². The number of aryl methyl sites for hydroxylation is 2. The highest BCUT2D eigenvalue weighted by Crippen LogP contribution is 2.10. The molecule has 0 bridgehead atoms. The second-order valence-corrected chi connectivity index (χ2v) is 5.62. The summed E-state index contributed by atoms with van der Waals surface area (Å²) in [5.74, 6) is 0.383. The summed E-state index contributed by atoms with van der Waals surface area (Å²) in [4.78, 5) is 15.5. The van der Waals surface area contributed by atoms with Crippen molar-refractivity contribution in [3.05, 3.63) is 48.0 Å². The van der Waals surface area contributed by atoms with E-state index in [0.717, 1.165) is 5.82 Å². The Morgan fingerprint density at radius 2 is 2.05 bits per heavy atom. The molecule has 0 saturated carbocycles. The van der Waals surface area contributed by atoms with Crippen molar-refractivity contribution in [2.45, 2.75) is 18.4 Å². The molecule has 19 heavy (non-hydrogen) atoms. The molecule has 5 nitrogen and oxygen atoms in total. The van der Waals surface area contributed by atoms with Gasteiger partial charge in [-0.1, -0.05) is 0 Å². The van der Waals surface area contributed by atoms with Crippen molar-refractivity contribution in [1.29, 1.82) is 0 Å². The normalized spacial score (nSPS) is 12.3. The summed E-state index contributed by atoms with van der Waals surface area (Å²) < 4.78 is 14.0. The monoisotopic (exact) mass is 278 g/mol. The van der Waals surface area contributed by atoms with Crippen LogP contribution in [0.5, 0.6) is 0 Å². The first-order valence-corrected chi connectivity index (χ1v) is 7.09. The van der Waals surface area contributed by atoms with Crippen LogP contribution >= 0.6 is 0 Å². The smallest absolute Gasteiger partial charge is 0.335 e. The van der Waals surface area contributed by atoms with Crippen molar-refractivity contribution in [2.75, 3.05) is 5.75 Å². The average Bonchev–Trinajstić information content (AvgIpc) is 2.81. The number of carbonyl (C=O) groups is 1. The first-order chi connectivity index (χ1) is 9.08. The van der Waals surface area contributed by atoms with Gasteiger partial charge in [-0.05, 0) is 31.2 Å².